The molecule has 1 heterocycles. The van der Waals surface area contributed by atoms with Crippen LogP contribution in [0.25, 0.3) is 0 Å². The molecule has 5 heteroatoms. The highest BCUT2D eigenvalue weighted by molar-refractivity contribution is 5.92. The second kappa shape index (κ2) is 4.55. The van der Waals surface area contributed by atoms with Crippen molar-refractivity contribution in [1.82, 2.24) is 15.1 Å². The third-order valence-corrected chi connectivity index (χ3v) is 3.47. The maximum absolute atomic E-state index is 12.4. The molecule has 0 aliphatic heterocycles. The van der Waals surface area contributed by atoms with Crippen molar-refractivity contribution in [2.45, 2.75) is 31.7 Å². The van der Waals surface area contributed by atoms with Gasteiger partial charge in [0.25, 0.3) is 5.91 Å². The number of rotatable bonds is 5. The fourth-order valence-corrected chi connectivity index (χ4v) is 2.05. The summed E-state index contributed by atoms with van der Waals surface area (Å²) in [5.41, 5.74) is 0.420. The zero-order valence-electron chi connectivity index (χ0n) is 10.5. The van der Waals surface area contributed by atoms with Gasteiger partial charge in [0.05, 0.1) is 7.11 Å². The van der Waals surface area contributed by atoms with Gasteiger partial charge in [-0.05, 0) is 37.7 Å². The molecule has 0 spiro atoms. The zero-order valence-corrected chi connectivity index (χ0v) is 10.5. The van der Waals surface area contributed by atoms with E-state index in [1.165, 1.54) is 20.0 Å². The van der Waals surface area contributed by atoms with E-state index in [9.17, 15) is 4.79 Å². The molecule has 5 nitrogen and oxygen atoms in total. The third-order valence-electron chi connectivity index (χ3n) is 3.47. The zero-order chi connectivity index (χ0) is 12.5. The van der Waals surface area contributed by atoms with Gasteiger partial charge >= 0.3 is 0 Å². The van der Waals surface area contributed by atoms with Crippen molar-refractivity contribution in [3.05, 3.63) is 17.8 Å². The SMILES string of the molecule is COc1ccc(C(=O)N(CC2CC2)C2CC2)nn1. The minimum Gasteiger partial charge on any atom is -0.480 e. The van der Waals surface area contributed by atoms with Crippen molar-refractivity contribution in [3.63, 3.8) is 0 Å². The molecule has 2 aliphatic rings. The topological polar surface area (TPSA) is 55.3 Å². The summed E-state index contributed by atoms with van der Waals surface area (Å²) in [6, 6.07) is 3.81. The lowest BCUT2D eigenvalue weighted by Gasteiger charge is -2.21. The summed E-state index contributed by atoms with van der Waals surface area (Å²) in [5, 5.41) is 7.80. The maximum Gasteiger partial charge on any atom is 0.274 e. The standard InChI is InChI=1S/C13H17N3O2/c1-18-12-7-6-11(14-15-12)13(17)16(10-4-5-10)8-9-2-3-9/h6-7,9-10H,2-5,8H2,1H3. The van der Waals surface area contributed by atoms with Gasteiger partial charge in [-0.2, -0.15) is 0 Å². The fourth-order valence-electron chi connectivity index (χ4n) is 2.05. The summed E-state index contributed by atoms with van der Waals surface area (Å²) in [6.07, 6.45) is 4.76. The Morgan fingerprint density at radius 2 is 2.11 bits per heavy atom. The molecule has 0 aromatic carbocycles. The quantitative estimate of drug-likeness (QED) is 0.791. The monoisotopic (exact) mass is 247 g/mol. The Bertz CT molecular complexity index is 438. The van der Waals surface area contributed by atoms with Crippen LogP contribution in [0.5, 0.6) is 5.88 Å². The first kappa shape index (κ1) is 11.4. The third kappa shape index (κ3) is 2.44. The summed E-state index contributed by atoms with van der Waals surface area (Å²) in [4.78, 5) is 14.4. The van der Waals surface area contributed by atoms with Crippen molar-refractivity contribution in [3.8, 4) is 5.88 Å². The lowest BCUT2D eigenvalue weighted by Crippen LogP contribution is -2.35. The number of hydrogen-bond acceptors (Lipinski definition) is 4. The maximum atomic E-state index is 12.4. The summed E-state index contributed by atoms with van der Waals surface area (Å²) < 4.78 is 4.95. The van der Waals surface area contributed by atoms with E-state index in [1.54, 1.807) is 12.1 Å². The number of nitrogens with zero attached hydrogens (tertiary/aromatic N) is 3. The smallest absolute Gasteiger partial charge is 0.274 e. The molecule has 0 bridgehead atoms. The second-order valence-electron chi connectivity index (χ2n) is 5.09. The average Bonchev–Trinajstić information content (AvgIpc) is 3.28. The molecule has 2 fully saturated rings. The summed E-state index contributed by atoms with van der Waals surface area (Å²) >= 11 is 0. The van der Waals surface area contributed by atoms with E-state index in [0.717, 1.165) is 19.4 Å². The number of methoxy groups -OCH3 is 1. The van der Waals surface area contributed by atoms with Crippen LogP contribution in [-0.2, 0) is 0 Å². The van der Waals surface area contributed by atoms with Gasteiger partial charge in [-0.3, -0.25) is 4.79 Å². The van der Waals surface area contributed by atoms with Crippen LogP contribution in [0.3, 0.4) is 0 Å². The Morgan fingerprint density at radius 3 is 2.61 bits per heavy atom. The van der Waals surface area contributed by atoms with Crippen LogP contribution in [0.15, 0.2) is 12.1 Å². The van der Waals surface area contributed by atoms with Crippen molar-refractivity contribution in [2.75, 3.05) is 13.7 Å². The lowest BCUT2D eigenvalue weighted by molar-refractivity contribution is 0.0727. The Labute approximate surface area is 106 Å². The van der Waals surface area contributed by atoms with Crippen LogP contribution in [0, 0.1) is 5.92 Å². The summed E-state index contributed by atoms with van der Waals surface area (Å²) in [7, 11) is 1.54. The first-order valence-corrected chi connectivity index (χ1v) is 6.46. The minimum absolute atomic E-state index is 0.0135. The fraction of sp³-hybridized carbons (Fsp3) is 0.615. The molecule has 1 aromatic heterocycles. The number of aromatic nitrogens is 2. The number of amides is 1. The van der Waals surface area contributed by atoms with Crippen molar-refractivity contribution in [1.29, 1.82) is 0 Å². The van der Waals surface area contributed by atoms with Crippen molar-refractivity contribution in [2.24, 2.45) is 5.92 Å². The average molecular weight is 247 g/mol. The van der Waals surface area contributed by atoms with Gasteiger partial charge in [-0.25, -0.2) is 0 Å². The Morgan fingerprint density at radius 1 is 1.33 bits per heavy atom. The molecule has 1 amide bonds. The van der Waals surface area contributed by atoms with Crippen LogP contribution in [-0.4, -0.2) is 40.7 Å². The van der Waals surface area contributed by atoms with Gasteiger partial charge < -0.3 is 9.64 Å². The van der Waals surface area contributed by atoms with Crippen LogP contribution in [0.4, 0.5) is 0 Å². The van der Waals surface area contributed by atoms with E-state index >= 15 is 0 Å². The van der Waals surface area contributed by atoms with Crippen molar-refractivity contribution >= 4 is 5.91 Å². The molecule has 2 saturated carbocycles. The largest absolute Gasteiger partial charge is 0.480 e. The lowest BCUT2D eigenvalue weighted by atomic mass is 10.3. The predicted octanol–water partition coefficient (Wildman–Crippen LogP) is 1.50. The van der Waals surface area contributed by atoms with Gasteiger partial charge in [-0.15, -0.1) is 10.2 Å². The number of hydrogen-bond donors (Lipinski definition) is 0. The highest BCUT2D eigenvalue weighted by atomic mass is 16.5. The van der Waals surface area contributed by atoms with Crippen LogP contribution in [0.1, 0.15) is 36.2 Å². The first-order chi connectivity index (χ1) is 8.78. The molecule has 96 valence electrons. The van der Waals surface area contributed by atoms with Gasteiger partial charge in [0.15, 0.2) is 5.69 Å². The minimum atomic E-state index is 0.0135. The molecule has 0 radical (unpaired) electrons. The second-order valence-corrected chi connectivity index (χ2v) is 5.09. The normalized spacial score (nSPS) is 18.5. The Hall–Kier alpha value is -1.65. The molecular formula is C13H17N3O2. The first-order valence-electron chi connectivity index (χ1n) is 6.46. The number of carbonyl (C=O) groups is 1. The number of ether oxygens (including phenoxy) is 1. The molecule has 2 aliphatic carbocycles. The van der Waals surface area contributed by atoms with E-state index in [-0.39, 0.29) is 5.91 Å². The molecule has 18 heavy (non-hydrogen) atoms. The highest BCUT2D eigenvalue weighted by Gasteiger charge is 2.37. The van der Waals surface area contributed by atoms with Crippen molar-refractivity contribution < 1.29 is 9.53 Å². The summed E-state index contributed by atoms with van der Waals surface area (Å²) in [6.45, 7) is 0.886. The molecule has 1 aromatic rings. The van der Waals surface area contributed by atoms with E-state index < -0.39 is 0 Å². The van der Waals surface area contributed by atoms with Gasteiger partial charge in [0, 0.05) is 18.7 Å². The summed E-state index contributed by atoms with van der Waals surface area (Å²) in [5.74, 6) is 1.16. The van der Waals surface area contributed by atoms with Crippen LogP contribution >= 0.6 is 0 Å². The Kier molecular flexibility index (Phi) is 2.89. The van der Waals surface area contributed by atoms with Gasteiger partial charge in [0.2, 0.25) is 5.88 Å². The van der Waals surface area contributed by atoms with E-state index in [0.29, 0.717) is 23.5 Å². The predicted molar refractivity (Wildman–Crippen MR) is 65.4 cm³/mol. The van der Waals surface area contributed by atoms with Crippen LogP contribution in [0.2, 0.25) is 0 Å². The van der Waals surface area contributed by atoms with E-state index in [2.05, 4.69) is 10.2 Å². The highest BCUT2D eigenvalue weighted by Crippen LogP contribution is 2.35. The van der Waals surface area contributed by atoms with Gasteiger partial charge in [0.1, 0.15) is 0 Å². The van der Waals surface area contributed by atoms with E-state index in [1.807, 2.05) is 4.90 Å². The number of carbonyl (C=O) groups excluding carboxylic acids is 1. The van der Waals surface area contributed by atoms with Crippen LogP contribution < -0.4 is 4.74 Å². The molecular weight excluding hydrogens is 230 g/mol. The molecule has 0 atom stereocenters. The molecule has 0 N–H and O–H groups in total. The molecule has 3 rings (SSSR count). The molecule has 0 saturated heterocycles. The molecule has 0 unspecified atom stereocenters. The Balaban J connectivity index is 1.73. The van der Waals surface area contributed by atoms with Gasteiger partial charge in [-0.1, -0.05) is 0 Å². The van der Waals surface area contributed by atoms with E-state index in [4.69, 9.17) is 4.74 Å².